The Morgan fingerprint density at radius 3 is 2.17 bits per heavy atom. The standard InChI is InChI=1S/C18H19N5/c1-3-7-15(8-4-1)16-11-13-22(14-12-16)18-19-20-21-23(18)17-9-5-2-6-10-17/h1-10,16H,11-14H2. The van der Waals surface area contributed by atoms with Crippen molar-refractivity contribution in [3.63, 3.8) is 0 Å². The van der Waals surface area contributed by atoms with Gasteiger partial charge in [-0.3, -0.25) is 0 Å². The number of benzene rings is 2. The van der Waals surface area contributed by atoms with Crippen LogP contribution in [0.3, 0.4) is 0 Å². The van der Waals surface area contributed by atoms with E-state index in [1.807, 2.05) is 35.0 Å². The Morgan fingerprint density at radius 1 is 0.826 bits per heavy atom. The van der Waals surface area contributed by atoms with Crippen LogP contribution in [0.1, 0.15) is 24.3 Å². The molecule has 116 valence electrons. The summed E-state index contributed by atoms with van der Waals surface area (Å²) >= 11 is 0. The van der Waals surface area contributed by atoms with Gasteiger partial charge in [0.25, 0.3) is 0 Å². The van der Waals surface area contributed by atoms with Crippen LogP contribution < -0.4 is 4.90 Å². The van der Waals surface area contributed by atoms with Gasteiger partial charge in [0, 0.05) is 13.1 Å². The molecule has 0 atom stereocenters. The number of tetrazole rings is 1. The van der Waals surface area contributed by atoms with Crippen LogP contribution in [0.25, 0.3) is 5.69 Å². The molecule has 5 nitrogen and oxygen atoms in total. The molecule has 0 bridgehead atoms. The Morgan fingerprint density at radius 2 is 1.48 bits per heavy atom. The molecule has 1 aromatic heterocycles. The van der Waals surface area contributed by atoms with Crippen molar-refractivity contribution in [3.8, 4) is 5.69 Å². The molecule has 0 radical (unpaired) electrons. The minimum absolute atomic E-state index is 0.633. The number of hydrogen-bond acceptors (Lipinski definition) is 4. The largest absolute Gasteiger partial charge is 0.339 e. The molecule has 23 heavy (non-hydrogen) atoms. The topological polar surface area (TPSA) is 46.8 Å². The first-order valence-electron chi connectivity index (χ1n) is 8.05. The van der Waals surface area contributed by atoms with Crippen molar-refractivity contribution < 1.29 is 0 Å². The van der Waals surface area contributed by atoms with Crippen molar-refractivity contribution in [1.29, 1.82) is 0 Å². The van der Waals surface area contributed by atoms with Crippen LogP contribution in [0.5, 0.6) is 0 Å². The van der Waals surface area contributed by atoms with Crippen LogP contribution >= 0.6 is 0 Å². The molecule has 1 fully saturated rings. The Hall–Kier alpha value is -2.69. The van der Waals surface area contributed by atoms with Crippen LogP contribution in [0.2, 0.25) is 0 Å². The van der Waals surface area contributed by atoms with Gasteiger partial charge in [0.2, 0.25) is 5.95 Å². The quantitative estimate of drug-likeness (QED) is 0.746. The molecule has 0 spiro atoms. The zero-order valence-corrected chi connectivity index (χ0v) is 12.9. The number of piperidine rings is 1. The lowest BCUT2D eigenvalue weighted by atomic mass is 9.90. The van der Waals surface area contributed by atoms with Crippen molar-refractivity contribution in [1.82, 2.24) is 20.2 Å². The third-order valence-corrected chi connectivity index (χ3v) is 4.50. The van der Waals surface area contributed by atoms with Gasteiger partial charge in [-0.2, -0.15) is 4.68 Å². The number of para-hydroxylation sites is 1. The molecule has 1 aliphatic rings. The number of anilines is 1. The molecule has 3 aromatic rings. The fourth-order valence-electron chi connectivity index (χ4n) is 3.25. The SMILES string of the molecule is c1ccc(C2CCN(c3nnnn3-c3ccccc3)CC2)cc1. The summed E-state index contributed by atoms with van der Waals surface area (Å²) in [5, 5.41) is 12.3. The number of hydrogen-bond donors (Lipinski definition) is 0. The molecule has 0 unspecified atom stereocenters. The van der Waals surface area contributed by atoms with Crippen LogP contribution in [0.4, 0.5) is 5.95 Å². The average Bonchev–Trinajstić information content (AvgIpc) is 3.13. The number of nitrogens with zero attached hydrogens (tertiary/aromatic N) is 5. The predicted molar refractivity (Wildman–Crippen MR) is 89.8 cm³/mol. The molecule has 2 aromatic carbocycles. The zero-order valence-electron chi connectivity index (χ0n) is 12.9. The monoisotopic (exact) mass is 305 g/mol. The Balaban J connectivity index is 1.51. The van der Waals surface area contributed by atoms with Crippen molar-refractivity contribution in [2.45, 2.75) is 18.8 Å². The summed E-state index contributed by atoms with van der Waals surface area (Å²) in [5.74, 6) is 1.47. The number of aromatic nitrogens is 4. The fraction of sp³-hybridized carbons (Fsp3) is 0.278. The van der Waals surface area contributed by atoms with E-state index in [0.29, 0.717) is 5.92 Å². The van der Waals surface area contributed by atoms with Gasteiger partial charge in [0.05, 0.1) is 5.69 Å². The Bertz CT molecular complexity index is 745. The maximum Gasteiger partial charge on any atom is 0.250 e. The minimum Gasteiger partial charge on any atom is -0.339 e. The third-order valence-electron chi connectivity index (χ3n) is 4.50. The van der Waals surface area contributed by atoms with Crippen molar-refractivity contribution in [2.75, 3.05) is 18.0 Å². The van der Waals surface area contributed by atoms with Gasteiger partial charge in [-0.15, -0.1) is 0 Å². The third kappa shape index (κ3) is 2.82. The first-order chi connectivity index (χ1) is 11.4. The van der Waals surface area contributed by atoms with E-state index in [-0.39, 0.29) is 0 Å². The normalized spacial score (nSPS) is 15.7. The van der Waals surface area contributed by atoms with Gasteiger partial charge < -0.3 is 4.90 Å². The maximum absolute atomic E-state index is 4.24. The molecule has 1 saturated heterocycles. The molecule has 0 aliphatic carbocycles. The summed E-state index contributed by atoms with van der Waals surface area (Å²) in [6.45, 7) is 1.96. The van der Waals surface area contributed by atoms with E-state index in [4.69, 9.17) is 0 Å². The molecule has 2 heterocycles. The van der Waals surface area contributed by atoms with Crippen LogP contribution in [-0.2, 0) is 0 Å². The van der Waals surface area contributed by atoms with Gasteiger partial charge in [-0.1, -0.05) is 53.6 Å². The smallest absolute Gasteiger partial charge is 0.250 e. The highest BCUT2D eigenvalue weighted by Crippen LogP contribution is 2.29. The highest BCUT2D eigenvalue weighted by atomic mass is 15.6. The molecular weight excluding hydrogens is 286 g/mol. The maximum atomic E-state index is 4.24. The Kier molecular flexibility index (Phi) is 3.76. The van der Waals surface area contributed by atoms with Gasteiger partial charge in [0.1, 0.15) is 0 Å². The lowest BCUT2D eigenvalue weighted by Gasteiger charge is -2.32. The molecule has 1 aliphatic heterocycles. The lowest BCUT2D eigenvalue weighted by Crippen LogP contribution is -2.34. The minimum atomic E-state index is 0.633. The lowest BCUT2D eigenvalue weighted by molar-refractivity contribution is 0.496. The van der Waals surface area contributed by atoms with Crippen LogP contribution in [0.15, 0.2) is 60.7 Å². The summed E-state index contributed by atoms with van der Waals surface area (Å²) in [4.78, 5) is 2.28. The zero-order chi connectivity index (χ0) is 15.5. The highest BCUT2D eigenvalue weighted by Gasteiger charge is 2.24. The summed E-state index contributed by atoms with van der Waals surface area (Å²) in [7, 11) is 0. The van der Waals surface area contributed by atoms with Gasteiger partial charge >= 0.3 is 0 Å². The van der Waals surface area contributed by atoms with E-state index < -0.39 is 0 Å². The first kappa shape index (κ1) is 13.9. The fourth-order valence-corrected chi connectivity index (χ4v) is 3.25. The summed E-state index contributed by atoms with van der Waals surface area (Å²) in [6, 6.07) is 20.8. The molecular formula is C18H19N5. The van der Waals surface area contributed by atoms with Crippen LogP contribution in [-0.4, -0.2) is 33.3 Å². The van der Waals surface area contributed by atoms with E-state index in [1.54, 1.807) is 0 Å². The summed E-state index contributed by atoms with van der Waals surface area (Å²) in [5.41, 5.74) is 2.44. The molecule has 0 amide bonds. The van der Waals surface area contributed by atoms with E-state index in [2.05, 4.69) is 50.8 Å². The van der Waals surface area contributed by atoms with E-state index in [9.17, 15) is 0 Å². The van der Waals surface area contributed by atoms with Crippen molar-refractivity contribution in [2.24, 2.45) is 0 Å². The van der Waals surface area contributed by atoms with Crippen LogP contribution in [0, 0.1) is 0 Å². The Labute approximate surface area is 135 Å². The van der Waals surface area contributed by atoms with Crippen molar-refractivity contribution in [3.05, 3.63) is 66.2 Å². The molecule has 0 saturated carbocycles. The summed E-state index contributed by atoms with van der Waals surface area (Å²) in [6.07, 6.45) is 2.26. The second-order valence-corrected chi connectivity index (χ2v) is 5.90. The van der Waals surface area contributed by atoms with Gasteiger partial charge in [-0.25, -0.2) is 0 Å². The van der Waals surface area contributed by atoms with Crippen molar-refractivity contribution >= 4 is 5.95 Å². The molecule has 4 rings (SSSR count). The second kappa shape index (κ2) is 6.20. The van der Waals surface area contributed by atoms with Gasteiger partial charge in [0.15, 0.2) is 0 Å². The van der Waals surface area contributed by atoms with E-state index in [0.717, 1.165) is 37.6 Å². The predicted octanol–water partition coefficient (Wildman–Crippen LogP) is 3.05. The van der Waals surface area contributed by atoms with E-state index in [1.165, 1.54) is 5.56 Å². The first-order valence-corrected chi connectivity index (χ1v) is 8.05. The second-order valence-electron chi connectivity index (χ2n) is 5.90. The highest BCUT2D eigenvalue weighted by molar-refractivity contribution is 5.41. The summed E-state index contributed by atoms with van der Waals surface area (Å²) < 4.78 is 1.82. The molecule has 5 heteroatoms. The average molecular weight is 305 g/mol. The molecule has 0 N–H and O–H groups in total. The number of rotatable bonds is 3. The van der Waals surface area contributed by atoms with E-state index >= 15 is 0 Å². The van der Waals surface area contributed by atoms with Gasteiger partial charge in [-0.05, 0) is 46.9 Å².